The lowest BCUT2D eigenvalue weighted by molar-refractivity contribution is 0.0988. The fourth-order valence-electron chi connectivity index (χ4n) is 6.16. The number of pyridine rings is 1. The van der Waals surface area contributed by atoms with Crippen LogP contribution in [0.3, 0.4) is 0 Å². The molecular formula is C30H37N7O3. The van der Waals surface area contributed by atoms with Gasteiger partial charge in [0.25, 0.3) is 5.56 Å². The molecule has 40 heavy (non-hydrogen) atoms. The molecule has 210 valence electrons. The molecular weight excluding hydrogens is 506 g/mol. The summed E-state index contributed by atoms with van der Waals surface area (Å²) in [5.74, 6) is 2.41. The van der Waals surface area contributed by atoms with Crippen LogP contribution in [0.4, 0.5) is 0 Å². The summed E-state index contributed by atoms with van der Waals surface area (Å²) in [6, 6.07) is 15.9. The normalized spacial score (nSPS) is 17.9. The first-order chi connectivity index (χ1) is 19.6. The van der Waals surface area contributed by atoms with Gasteiger partial charge >= 0.3 is 0 Å². The van der Waals surface area contributed by atoms with E-state index in [1.807, 2.05) is 48.0 Å². The minimum Gasteiger partial charge on any atom is -0.497 e. The first-order valence-electron chi connectivity index (χ1n) is 14.3. The molecule has 1 N–H and O–H groups in total. The number of nitrogens with zero attached hydrogens (tertiary/aromatic N) is 6. The maximum absolute atomic E-state index is 13.6. The van der Waals surface area contributed by atoms with Crippen molar-refractivity contribution in [1.82, 2.24) is 35.0 Å². The Bertz CT molecular complexity index is 1500. The average molecular weight is 544 g/mol. The molecule has 10 heteroatoms. The van der Waals surface area contributed by atoms with Crippen LogP contribution in [0, 0.1) is 0 Å². The largest absolute Gasteiger partial charge is 0.497 e. The van der Waals surface area contributed by atoms with Gasteiger partial charge in [-0.15, -0.1) is 5.10 Å². The van der Waals surface area contributed by atoms with Crippen LogP contribution in [-0.4, -0.2) is 74.9 Å². The first-order valence-corrected chi connectivity index (χ1v) is 14.3. The Morgan fingerprint density at radius 2 is 1.85 bits per heavy atom. The van der Waals surface area contributed by atoms with Gasteiger partial charge in [-0.1, -0.05) is 25.0 Å². The minimum absolute atomic E-state index is 0.110. The van der Waals surface area contributed by atoms with E-state index < -0.39 is 0 Å². The lowest BCUT2D eigenvalue weighted by Gasteiger charge is -2.39. The molecule has 1 aliphatic carbocycles. The molecule has 2 aromatic carbocycles. The van der Waals surface area contributed by atoms with Crippen LogP contribution in [0.15, 0.2) is 53.3 Å². The van der Waals surface area contributed by atoms with Crippen LogP contribution < -0.4 is 15.0 Å². The number of tetrazole rings is 1. The lowest BCUT2D eigenvalue weighted by atomic mass is 10.0. The summed E-state index contributed by atoms with van der Waals surface area (Å²) in [5.41, 5.74) is 2.57. The number of aromatic amines is 1. The quantitative estimate of drug-likeness (QED) is 0.339. The zero-order valence-electron chi connectivity index (χ0n) is 23.3. The molecule has 0 radical (unpaired) electrons. The van der Waals surface area contributed by atoms with Crippen molar-refractivity contribution in [2.75, 3.05) is 39.9 Å². The van der Waals surface area contributed by atoms with Crippen molar-refractivity contribution in [3.8, 4) is 11.5 Å². The smallest absolute Gasteiger partial charge is 0.253 e. The number of ether oxygens (including phenoxy) is 2. The molecule has 2 fully saturated rings. The number of H-pyrrole nitrogens is 1. The maximum Gasteiger partial charge on any atom is 0.253 e. The van der Waals surface area contributed by atoms with Crippen molar-refractivity contribution < 1.29 is 9.47 Å². The standard InChI is InChI=1S/C30H37N7O3/c1-3-40-25-11-12-27-22(18-25)19-26(30(38)31-27)28(29-32-33-34-37(29)23-8-4-5-9-23)36-15-13-35(14-16-36)20-21-7-6-10-24(17-21)39-2/h6-7,10-12,17-19,23,28H,3-5,8-9,13-16,20H2,1-2H3,(H,31,38)/t28-/m0/s1. The molecule has 1 saturated carbocycles. The number of rotatable bonds is 9. The second-order valence-corrected chi connectivity index (χ2v) is 10.7. The summed E-state index contributed by atoms with van der Waals surface area (Å²) in [6.07, 6.45) is 4.47. The molecule has 2 aromatic heterocycles. The first kappa shape index (κ1) is 26.5. The predicted octanol–water partition coefficient (Wildman–Crippen LogP) is 3.94. The van der Waals surface area contributed by atoms with Gasteiger partial charge in [-0.3, -0.25) is 14.6 Å². The van der Waals surface area contributed by atoms with E-state index in [1.165, 1.54) is 18.4 Å². The summed E-state index contributed by atoms with van der Waals surface area (Å²) in [7, 11) is 1.70. The van der Waals surface area contributed by atoms with Gasteiger partial charge in [-0.2, -0.15) is 0 Å². The number of fused-ring (bicyclic) bond motifs is 1. The van der Waals surface area contributed by atoms with Crippen molar-refractivity contribution >= 4 is 10.9 Å². The van der Waals surface area contributed by atoms with Crippen molar-refractivity contribution in [2.45, 2.75) is 51.2 Å². The highest BCUT2D eigenvalue weighted by atomic mass is 16.5. The molecule has 2 aliphatic rings. The zero-order chi connectivity index (χ0) is 27.5. The predicted molar refractivity (Wildman–Crippen MR) is 153 cm³/mol. The summed E-state index contributed by atoms with van der Waals surface area (Å²) in [5, 5.41) is 14.0. The van der Waals surface area contributed by atoms with E-state index in [9.17, 15) is 4.79 Å². The Labute approximate surface area is 233 Å². The van der Waals surface area contributed by atoms with Gasteiger partial charge < -0.3 is 14.5 Å². The van der Waals surface area contributed by atoms with E-state index in [2.05, 4.69) is 42.4 Å². The number of benzene rings is 2. The highest BCUT2D eigenvalue weighted by Gasteiger charge is 2.34. The zero-order valence-corrected chi connectivity index (χ0v) is 23.3. The minimum atomic E-state index is -0.349. The Morgan fingerprint density at radius 3 is 2.62 bits per heavy atom. The van der Waals surface area contributed by atoms with E-state index in [1.54, 1.807) is 7.11 Å². The van der Waals surface area contributed by atoms with Gasteiger partial charge in [0.1, 0.15) is 17.5 Å². The Morgan fingerprint density at radius 1 is 1.02 bits per heavy atom. The van der Waals surface area contributed by atoms with Crippen LogP contribution in [0.1, 0.15) is 61.6 Å². The SMILES string of the molecule is CCOc1ccc2[nH]c(=O)c([C@@H](c3nnnn3C3CCCC3)N3CCN(Cc4cccc(OC)c4)CC3)cc2c1. The Kier molecular flexibility index (Phi) is 7.79. The van der Waals surface area contributed by atoms with Gasteiger partial charge in [0.05, 0.1) is 19.8 Å². The molecule has 0 bridgehead atoms. The van der Waals surface area contributed by atoms with Crippen molar-refractivity contribution in [3.63, 3.8) is 0 Å². The van der Waals surface area contributed by atoms with Gasteiger partial charge in [0, 0.05) is 49.2 Å². The van der Waals surface area contributed by atoms with Crippen molar-refractivity contribution in [3.05, 3.63) is 75.8 Å². The van der Waals surface area contributed by atoms with E-state index >= 15 is 0 Å². The number of aromatic nitrogens is 5. The van der Waals surface area contributed by atoms with Crippen LogP contribution in [0.25, 0.3) is 10.9 Å². The van der Waals surface area contributed by atoms with Crippen molar-refractivity contribution in [2.24, 2.45) is 0 Å². The van der Waals surface area contributed by atoms with Crippen LogP contribution in [0.2, 0.25) is 0 Å². The molecule has 4 aromatic rings. The Hall–Kier alpha value is -3.76. The molecule has 3 heterocycles. The van der Waals surface area contributed by atoms with E-state index in [-0.39, 0.29) is 17.6 Å². The van der Waals surface area contributed by atoms with Crippen LogP contribution in [-0.2, 0) is 6.54 Å². The van der Waals surface area contributed by atoms with Crippen molar-refractivity contribution in [1.29, 1.82) is 0 Å². The Balaban J connectivity index is 1.32. The monoisotopic (exact) mass is 543 g/mol. The molecule has 0 spiro atoms. The third-order valence-electron chi connectivity index (χ3n) is 8.20. The van der Waals surface area contributed by atoms with Gasteiger partial charge in [0.2, 0.25) is 0 Å². The topological polar surface area (TPSA) is 101 Å². The second-order valence-electron chi connectivity index (χ2n) is 10.7. The highest BCUT2D eigenvalue weighted by molar-refractivity contribution is 5.80. The second kappa shape index (κ2) is 11.8. The summed E-state index contributed by atoms with van der Waals surface area (Å²) in [6.45, 7) is 6.74. The third-order valence-corrected chi connectivity index (χ3v) is 8.20. The molecule has 0 amide bonds. The molecule has 10 nitrogen and oxygen atoms in total. The molecule has 1 aliphatic heterocycles. The molecule has 1 saturated heterocycles. The van der Waals surface area contributed by atoms with E-state index in [4.69, 9.17) is 9.47 Å². The molecule has 0 unspecified atom stereocenters. The van der Waals surface area contributed by atoms with Gasteiger partial charge in [0.15, 0.2) is 5.82 Å². The fraction of sp³-hybridized carbons (Fsp3) is 0.467. The van der Waals surface area contributed by atoms with Gasteiger partial charge in [-0.25, -0.2) is 4.68 Å². The number of nitrogens with one attached hydrogen (secondary N) is 1. The third kappa shape index (κ3) is 5.46. The number of hydrogen-bond acceptors (Lipinski definition) is 8. The molecule has 6 rings (SSSR count). The van der Waals surface area contributed by atoms with Gasteiger partial charge in [-0.05, 0) is 72.2 Å². The molecule has 1 atom stereocenters. The van der Waals surface area contributed by atoms with Crippen LogP contribution >= 0.6 is 0 Å². The number of hydrogen-bond donors (Lipinski definition) is 1. The average Bonchev–Trinajstić information content (AvgIpc) is 3.68. The lowest BCUT2D eigenvalue weighted by Crippen LogP contribution is -2.48. The number of piperazine rings is 1. The maximum atomic E-state index is 13.6. The summed E-state index contributed by atoms with van der Waals surface area (Å²) < 4.78 is 13.1. The van der Waals surface area contributed by atoms with E-state index in [0.717, 1.165) is 73.8 Å². The van der Waals surface area contributed by atoms with Crippen LogP contribution in [0.5, 0.6) is 11.5 Å². The summed E-state index contributed by atoms with van der Waals surface area (Å²) >= 11 is 0. The number of methoxy groups -OCH3 is 1. The fourth-order valence-corrected chi connectivity index (χ4v) is 6.16. The van der Waals surface area contributed by atoms with E-state index in [0.29, 0.717) is 12.2 Å². The highest BCUT2D eigenvalue weighted by Crippen LogP contribution is 2.34. The summed E-state index contributed by atoms with van der Waals surface area (Å²) in [4.78, 5) is 21.5.